The van der Waals surface area contributed by atoms with Gasteiger partial charge in [0.15, 0.2) is 0 Å². The van der Waals surface area contributed by atoms with Gasteiger partial charge in [-0.3, -0.25) is 0 Å². The Hall–Kier alpha value is -0.540. The number of hydrogen-bond acceptors (Lipinski definition) is 2. The second kappa shape index (κ2) is 4.38. The molecule has 0 fully saturated rings. The molecule has 1 aromatic heterocycles. The topological polar surface area (TPSA) is 20.2 Å². The smallest absolute Gasteiger partial charge is 0.122 e. The highest BCUT2D eigenvalue weighted by molar-refractivity contribution is 7.10. The van der Waals surface area contributed by atoms with E-state index in [9.17, 15) is 5.11 Å². The van der Waals surface area contributed by atoms with Gasteiger partial charge in [-0.25, -0.2) is 0 Å². The van der Waals surface area contributed by atoms with E-state index in [1.165, 1.54) is 11.3 Å². The monoisotopic (exact) mass is 272 g/mol. The van der Waals surface area contributed by atoms with E-state index in [0.29, 0.717) is 15.6 Å². The van der Waals surface area contributed by atoms with Crippen LogP contribution in [0.2, 0.25) is 10.0 Å². The highest BCUT2D eigenvalue weighted by Gasteiger charge is 2.29. The average Bonchev–Trinajstić information content (AvgIpc) is 2.75. The van der Waals surface area contributed by atoms with Crippen molar-refractivity contribution in [3.8, 4) is 0 Å². The van der Waals surface area contributed by atoms with Gasteiger partial charge in [0.05, 0.1) is 10.0 Å². The molecule has 0 saturated carbocycles. The first-order valence-electron chi connectivity index (χ1n) is 4.74. The molecule has 0 radical (unpaired) electrons. The summed E-state index contributed by atoms with van der Waals surface area (Å²) in [6.45, 7) is 1.72. The van der Waals surface area contributed by atoms with E-state index >= 15 is 0 Å². The van der Waals surface area contributed by atoms with Crippen LogP contribution in [-0.4, -0.2) is 5.11 Å². The summed E-state index contributed by atoms with van der Waals surface area (Å²) < 4.78 is 0. The lowest BCUT2D eigenvalue weighted by Crippen LogP contribution is -2.21. The largest absolute Gasteiger partial charge is 0.380 e. The minimum absolute atomic E-state index is 0.405. The van der Waals surface area contributed by atoms with Gasteiger partial charge < -0.3 is 5.11 Å². The summed E-state index contributed by atoms with van der Waals surface area (Å²) in [7, 11) is 0. The van der Waals surface area contributed by atoms with Gasteiger partial charge in [-0.1, -0.05) is 41.4 Å². The molecule has 2 rings (SSSR count). The minimum atomic E-state index is -1.10. The minimum Gasteiger partial charge on any atom is -0.380 e. The number of rotatable bonds is 2. The van der Waals surface area contributed by atoms with Crippen LogP contribution in [0.1, 0.15) is 17.4 Å². The summed E-state index contributed by atoms with van der Waals surface area (Å²) in [4.78, 5) is 0.844. The van der Waals surface area contributed by atoms with Gasteiger partial charge in [0.2, 0.25) is 0 Å². The Morgan fingerprint density at radius 2 is 1.94 bits per heavy atom. The number of benzene rings is 1. The highest BCUT2D eigenvalue weighted by atomic mass is 35.5. The lowest BCUT2D eigenvalue weighted by molar-refractivity contribution is 0.106. The highest BCUT2D eigenvalue weighted by Crippen LogP contribution is 2.38. The Kier molecular flexibility index (Phi) is 3.27. The van der Waals surface area contributed by atoms with Crippen molar-refractivity contribution in [2.24, 2.45) is 0 Å². The van der Waals surface area contributed by atoms with Crippen molar-refractivity contribution in [3.05, 3.63) is 56.2 Å². The Bertz CT molecular complexity index is 492. The van der Waals surface area contributed by atoms with Crippen LogP contribution in [0.4, 0.5) is 0 Å². The molecule has 0 aliphatic heterocycles. The summed E-state index contributed by atoms with van der Waals surface area (Å²) >= 11 is 13.5. The molecule has 0 amide bonds. The first-order chi connectivity index (χ1) is 7.53. The van der Waals surface area contributed by atoms with Crippen molar-refractivity contribution in [2.75, 3.05) is 0 Å². The van der Waals surface area contributed by atoms with Crippen LogP contribution in [0.5, 0.6) is 0 Å². The second-order valence-electron chi connectivity index (χ2n) is 3.65. The molecular weight excluding hydrogens is 263 g/mol. The quantitative estimate of drug-likeness (QED) is 0.864. The zero-order chi connectivity index (χ0) is 11.8. The molecule has 1 nitrogen and oxygen atoms in total. The Morgan fingerprint density at radius 3 is 2.56 bits per heavy atom. The van der Waals surface area contributed by atoms with Crippen molar-refractivity contribution in [1.82, 2.24) is 0 Å². The number of halogens is 2. The molecule has 2 aromatic rings. The zero-order valence-corrected chi connectivity index (χ0v) is 10.9. The van der Waals surface area contributed by atoms with Crippen LogP contribution >= 0.6 is 34.5 Å². The predicted molar refractivity (Wildman–Crippen MR) is 69.5 cm³/mol. The molecule has 1 heterocycles. The molecule has 0 aliphatic carbocycles. The lowest BCUT2D eigenvalue weighted by Gasteiger charge is -2.24. The molecule has 1 unspecified atom stereocenters. The molecule has 0 bridgehead atoms. The molecule has 84 valence electrons. The van der Waals surface area contributed by atoms with Crippen LogP contribution in [0.15, 0.2) is 35.7 Å². The van der Waals surface area contributed by atoms with Crippen molar-refractivity contribution in [1.29, 1.82) is 0 Å². The van der Waals surface area contributed by atoms with Crippen molar-refractivity contribution in [3.63, 3.8) is 0 Å². The number of thiophene rings is 1. The van der Waals surface area contributed by atoms with Crippen LogP contribution in [0.3, 0.4) is 0 Å². The van der Waals surface area contributed by atoms with Crippen molar-refractivity contribution >= 4 is 34.5 Å². The van der Waals surface area contributed by atoms with E-state index in [4.69, 9.17) is 23.2 Å². The molecule has 1 atom stereocenters. The van der Waals surface area contributed by atoms with Gasteiger partial charge in [0, 0.05) is 10.4 Å². The second-order valence-corrected chi connectivity index (χ2v) is 5.38. The number of hydrogen-bond donors (Lipinski definition) is 1. The van der Waals surface area contributed by atoms with Crippen molar-refractivity contribution < 1.29 is 5.11 Å². The molecule has 1 N–H and O–H groups in total. The maximum absolute atomic E-state index is 10.5. The van der Waals surface area contributed by atoms with Crippen molar-refractivity contribution in [2.45, 2.75) is 12.5 Å². The van der Waals surface area contributed by atoms with Crippen LogP contribution in [0, 0.1) is 0 Å². The first kappa shape index (κ1) is 11.9. The fourth-order valence-electron chi connectivity index (χ4n) is 1.57. The van der Waals surface area contributed by atoms with E-state index in [-0.39, 0.29) is 0 Å². The first-order valence-corrected chi connectivity index (χ1v) is 6.38. The molecular formula is C12H10Cl2OS. The van der Waals surface area contributed by atoms with Gasteiger partial charge in [-0.05, 0) is 24.4 Å². The van der Waals surface area contributed by atoms with E-state index in [0.717, 1.165) is 4.88 Å². The molecule has 0 spiro atoms. The lowest BCUT2D eigenvalue weighted by atomic mass is 9.94. The third kappa shape index (κ3) is 1.98. The number of aliphatic hydroxyl groups is 1. The van der Waals surface area contributed by atoms with Gasteiger partial charge in [-0.15, -0.1) is 11.3 Å². The Labute approximate surface area is 108 Å². The summed E-state index contributed by atoms with van der Waals surface area (Å²) in [5.74, 6) is 0. The van der Waals surface area contributed by atoms with E-state index in [2.05, 4.69) is 0 Å². The Balaban J connectivity index is 2.56. The fourth-order valence-corrected chi connectivity index (χ4v) is 2.85. The van der Waals surface area contributed by atoms with Crippen LogP contribution in [-0.2, 0) is 5.60 Å². The Morgan fingerprint density at radius 1 is 1.19 bits per heavy atom. The molecule has 16 heavy (non-hydrogen) atoms. The van der Waals surface area contributed by atoms with Gasteiger partial charge >= 0.3 is 0 Å². The maximum Gasteiger partial charge on any atom is 0.122 e. The van der Waals surface area contributed by atoms with Gasteiger partial charge in [-0.2, -0.15) is 0 Å². The summed E-state index contributed by atoms with van der Waals surface area (Å²) in [5.41, 5.74) is -0.472. The van der Waals surface area contributed by atoms with Gasteiger partial charge in [0.1, 0.15) is 5.60 Å². The SMILES string of the molecule is CC(O)(c1cccs1)c1cccc(Cl)c1Cl. The summed E-state index contributed by atoms with van der Waals surface area (Å²) in [6, 6.07) is 9.05. The predicted octanol–water partition coefficient (Wildman–Crippen LogP) is 4.31. The molecule has 0 aliphatic rings. The van der Waals surface area contributed by atoms with E-state index in [1.54, 1.807) is 25.1 Å². The third-order valence-corrected chi connectivity index (χ3v) is 4.38. The van der Waals surface area contributed by atoms with E-state index < -0.39 is 5.60 Å². The summed E-state index contributed by atoms with van der Waals surface area (Å²) in [6.07, 6.45) is 0. The maximum atomic E-state index is 10.5. The third-order valence-electron chi connectivity index (χ3n) is 2.48. The van der Waals surface area contributed by atoms with Crippen LogP contribution < -0.4 is 0 Å². The molecule has 0 saturated heterocycles. The van der Waals surface area contributed by atoms with Gasteiger partial charge in [0.25, 0.3) is 0 Å². The normalized spacial score (nSPS) is 14.8. The molecule has 1 aromatic carbocycles. The van der Waals surface area contributed by atoms with E-state index in [1.807, 2.05) is 17.5 Å². The summed E-state index contributed by atoms with van der Waals surface area (Å²) in [5, 5.41) is 13.3. The standard InChI is InChI=1S/C12H10Cl2OS/c1-12(15,10-6-3-7-16-10)8-4-2-5-9(13)11(8)14/h2-7,15H,1H3. The fraction of sp³-hybridized carbons (Fsp3) is 0.167. The molecule has 4 heteroatoms. The average molecular weight is 273 g/mol. The zero-order valence-electron chi connectivity index (χ0n) is 8.58. The van der Waals surface area contributed by atoms with Crippen LogP contribution in [0.25, 0.3) is 0 Å².